The average molecular weight is 440 g/mol. The zero-order valence-electron chi connectivity index (χ0n) is 20.6. The lowest BCUT2D eigenvalue weighted by atomic mass is 9.84. The molecule has 0 aliphatic heterocycles. The molecule has 0 aromatic heterocycles. The number of alkyl carbamates (subject to hydrolysis) is 1. The van der Waals surface area contributed by atoms with Crippen molar-refractivity contribution >= 4 is 12.1 Å². The monoisotopic (exact) mass is 439 g/mol. The van der Waals surface area contributed by atoms with E-state index < -0.39 is 12.1 Å². The molecular weight excluding hydrogens is 390 g/mol. The maximum atomic E-state index is 12.8. The third-order valence-electron chi connectivity index (χ3n) is 6.63. The van der Waals surface area contributed by atoms with E-state index in [1.807, 2.05) is 0 Å². The van der Waals surface area contributed by atoms with Crippen LogP contribution < -0.4 is 5.32 Å². The Morgan fingerprint density at radius 2 is 1.48 bits per heavy atom. The Bertz CT molecular complexity index is 462. The normalized spacial score (nSPS) is 16.5. The van der Waals surface area contributed by atoms with Crippen molar-refractivity contribution in [2.45, 2.75) is 130 Å². The Morgan fingerprint density at radius 3 is 2.13 bits per heavy atom. The second-order valence-corrected chi connectivity index (χ2v) is 9.32. The molecule has 5 heteroatoms. The minimum absolute atomic E-state index is 0.157. The maximum Gasteiger partial charge on any atom is 0.407 e. The molecule has 0 saturated heterocycles. The van der Waals surface area contributed by atoms with Gasteiger partial charge in [0.25, 0.3) is 0 Å². The summed E-state index contributed by atoms with van der Waals surface area (Å²) < 4.78 is 11.1. The number of rotatable bonds is 17. The van der Waals surface area contributed by atoms with Crippen LogP contribution in [0.1, 0.15) is 124 Å². The SMILES string of the molecule is CCCCCCCCCOC(=O)C(NC(=O)OCC(CC)CCCC)C1CCCCC1. The first-order valence-corrected chi connectivity index (χ1v) is 13.2. The quantitative estimate of drug-likeness (QED) is 0.193. The molecule has 1 amide bonds. The number of ether oxygens (including phenoxy) is 2. The van der Waals surface area contributed by atoms with Crippen molar-refractivity contribution < 1.29 is 19.1 Å². The highest BCUT2D eigenvalue weighted by Gasteiger charge is 2.32. The fraction of sp³-hybridized carbons (Fsp3) is 0.923. The zero-order chi connectivity index (χ0) is 22.7. The fourth-order valence-electron chi connectivity index (χ4n) is 4.42. The Kier molecular flexibility index (Phi) is 16.4. The van der Waals surface area contributed by atoms with Crippen LogP contribution in [0.15, 0.2) is 0 Å². The van der Waals surface area contributed by atoms with Crippen LogP contribution in [-0.2, 0) is 14.3 Å². The Balaban J connectivity index is 2.43. The molecule has 1 aliphatic rings. The standard InChI is InChI=1S/C26H49NO4/c1-4-7-9-10-11-12-16-20-30-25(28)24(23-18-14-13-15-19-23)27-26(29)31-21-22(6-3)17-8-5-2/h22-24H,4-21H2,1-3H3,(H,27,29). The van der Waals surface area contributed by atoms with Gasteiger partial charge in [-0.25, -0.2) is 9.59 Å². The number of hydrogen-bond donors (Lipinski definition) is 1. The summed E-state index contributed by atoms with van der Waals surface area (Å²) in [5.41, 5.74) is 0. The molecule has 31 heavy (non-hydrogen) atoms. The van der Waals surface area contributed by atoms with Crippen LogP contribution in [0.4, 0.5) is 4.79 Å². The minimum atomic E-state index is -0.576. The highest BCUT2D eigenvalue weighted by molar-refractivity contribution is 5.81. The Hall–Kier alpha value is -1.26. The van der Waals surface area contributed by atoms with Crippen molar-refractivity contribution in [1.82, 2.24) is 5.32 Å². The van der Waals surface area contributed by atoms with Gasteiger partial charge >= 0.3 is 12.1 Å². The molecule has 0 aromatic carbocycles. The summed E-state index contributed by atoms with van der Waals surface area (Å²) in [5.74, 6) is 0.265. The second kappa shape index (κ2) is 18.3. The smallest absolute Gasteiger partial charge is 0.407 e. The van der Waals surface area contributed by atoms with Crippen molar-refractivity contribution in [3.8, 4) is 0 Å². The Labute approximate surface area is 191 Å². The van der Waals surface area contributed by atoms with Gasteiger partial charge in [0.05, 0.1) is 13.2 Å². The first-order valence-electron chi connectivity index (χ1n) is 13.2. The van der Waals surface area contributed by atoms with E-state index in [1.165, 1.54) is 38.5 Å². The van der Waals surface area contributed by atoms with Crippen molar-refractivity contribution in [3.63, 3.8) is 0 Å². The summed E-state index contributed by atoms with van der Waals surface area (Å²) in [6, 6.07) is -0.576. The molecule has 1 N–H and O–H groups in total. The van der Waals surface area contributed by atoms with Crippen LogP contribution >= 0.6 is 0 Å². The van der Waals surface area contributed by atoms with Gasteiger partial charge in [-0.2, -0.15) is 0 Å². The van der Waals surface area contributed by atoms with E-state index >= 15 is 0 Å². The molecule has 0 bridgehead atoms. The lowest BCUT2D eigenvalue weighted by Gasteiger charge is -2.29. The summed E-state index contributed by atoms with van der Waals surface area (Å²) in [4.78, 5) is 25.3. The van der Waals surface area contributed by atoms with Crippen molar-refractivity contribution in [3.05, 3.63) is 0 Å². The van der Waals surface area contributed by atoms with Crippen molar-refractivity contribution in [2.75, 3.05) is 13.2 Å². The van der Waals surface area contributed by atoms with Crippen molar-refractivity contribution in [2.24, 2.45) is 11.8 Å². The average Bonchev–Trinajstić information content (AvgIpc) is 2.79. The summed E-state index contributed by atoms with van der Waals surface area (Å²) in [5, 5.41) is 2.86. The molecule has 1 aliphatic carbocycles. The molecule has 182 valence electrons. The summed E-state index contributed by atoms with van der Waals surface area (Å²) in [6.45, 7) is 7.40. The molecule has 1 fully saturated rings. The van der Waals surface area contributed by atoms with Gasteiger partial charge in [0.2, 0.25) is 0 Å². The second-order valence-electron chi connectivity index (χ2n) is 9.32. The molecule has 0 heterocycles. The molecule has 1 rings (SSSR count). The van der Waals surface area contributed by atoms with Gasteiger partial charge < -0.3 is 14.8 Å². The number of nitrogens with one attached hydrogen (secondary N) is 1. The molecular formula is C26H49NO4. The molecule has 0 aromatic rings. The van der Waals surface area contributed by atoms with E-state index in [0.29, 0.717) is 19.1 Å². The predicted molar refractivity (Wildman–Crippen MR) is 127 cm³/mol. The van der Waals surface area contributed by atoms with Crippen LogP contribution in [0.25, 0.3) is 0 Å². The molecule has 1 saturated carbocycles. The third-order valence-corrected chi connectivity index (χ3v) is 6.63. The van der Waals surface area contributed by atoms with E-state index in [9.17, 15) is 9.59 Å². The summed E-state index contributed by atoms with van der Waals surface area (Å²) in [6.07, 6.45) is 17.6. The number of amides is 1. The van der Waals surface area contributed by atoms with Crippen LogP contribution in [0.3, 0.4) is 0 Å². The lowest BCUT2D eigenvalue weighted by Crippen LogP contribution is -2.48. The number of hydrogen-bond acceptors (Lipinski definition) is 4. The summed E-state index contributed by atoms with van der Waals surface area (Å²) in [7, 11) is 0. The largest absolute Gasteiger partial charge is 0.464 e. The number of unbranched alkanes of at least 4 members (excludes halogenated alkanes) is 7. The van der Waals surface area contributed by atoms with Crippen LogP contribution in [0, 0.1) is 11.8 Å². The predicted octanol–water partition coefficient (Wildman–Crippen LogP) is 7.17. The van der Waals surface area contributed by atoms with E-state index in [2.05, 4.69) is 26.1 Å². The Morgan fingerprint density at radius 1 is 0.839 bits per heavy atom. The molecule has 2 unspecified atom stereocenters. The maximum absolute atomic E-state index is 12.8. The van der Waals surface area contributed by atoms with Gasteiger partial charge in [-0.05, 0) is 37.5 Å². The van der Waals surface area contributed by atoms with E-state index in [0.717, 1.165) is 64.2 Å². The number of carbonyl (C=O) groups is 2. The van der Waals surface area contributed by atoms with Gasteiger partial charge in [0.1, 0.15) is 6.04 Å². The summed E-state index contributed by atoms with van der Waals surface area (Å²) >= 11 is 0. The molecule has 2 atom stereocenters. The first kappa shape index (κ1) is 27.8. The lowest BCUT2D eigenvalue weighted by molar-refractivity contribution is -0.148. The van der Waals surface area contributed by atoms with E-state index in [4.69, 9.17) is 9.47 Å². The molecule has 0 radical (unpaired) electrons. The van der Waals surface area contributed by atoms with Crippen LogP contribution in [0.2, 0.25) is 0 Å². The highest BCUT2D eigenvalue weighted by Crippen LogP contribution is 2.27. The van der Waals surface area contributed by atoms with Crippen LogP contribution in [0.5, 0.6) is 0 Å². The molecule has 0 spiro atoms. The third kappa shape index (κ3) is 13.0. The zero-order valence-corrected chi connectivity index (χ0v) is 20.6. The van der Waals surface area contributed by atoms with Gasteiger partial charge in [-0.3, -0.25) is 0 Å². The van der Waals surface area contributed by atoms with Gasteiger partial charge in [0.15, 0.2) is 0 Å². The van der Waals surface area contributed by atoms with E-state index in [-0.39, 0.29) is 11.9 Å². The van der Waals surface area contributed by atoms with Crippen LogP contribution in [-0.4, -0.2) is 31.3 Å². The van der Waals surface area contributed by atoms with Crippen molar-refractivity contribution in [1.29, 1.82) is 0 Å². The highest BCUT2D eigenvalue weighted by atomic mass is 16.6. The number of esters is 1. The van der Waals surface area contributed by atoms with Gasteiger partial charge in [0, 0.05) is 0 Å². The van der Waals surface area contributed by atoms with E-state index in [1.54, 1.807) is 0 Å². The fourth-order valence-corrected chi connectivity index (χ4v) is 4.42. The number of carbonyl (C=O) groups excluding carboxylic acids is 2. The minimum Gasteiger partial charge on any atom is -0.464 e. The van der Waals surface area contributed by atoms with Gasteiger partial charge in [-0.15, -0.1) is 0 Å². The molecule has 5 nitrogen and oxygen atoms in total. The first-order chi connectivity index (χ1) is 15.1. The topological polar surface area (TPSA) is 64.6 Å². The van der Waals surface area contributed by atoms with Gasteiger partial charge in [-0.1, -0.05) is 97.8 Å².